The van der Waals surface area contributed by atoms with Crippen LogP contribution < -0.4 is 5.32 Å². The van der Waals surface area contributed by atoms with Gasteiger partial charge in [-0.15, -0.1) is 0 Å². The molecule has 0 saturated carbocycles. The summed E-state index contributed by atoms with van der Waals surface area (Å²) in [5.74, 6) is -5.80. The van der Waals surface area contributed by atoms with Crippen molar-refractivity contribution in [2.75, 3.05) is 0 Å². The highest BCUT2D eigenvalue weighted by molar-refractivity contribution is 7.87. The summed E-state index contributed by atoms with van der Waals surface area (Å²) in [6, 6.07) is 5.31. The molecule has 1 aromatic carbocycles. The standard InChI is InChI=1S/C17H18N2O7S/c1-17(2)11(16(24)25)19-13(21)10(14(19)27(17)26)18-12(20)9(15(22)23)8-6-4-3-5-7-8/h3-7,9-11,14H,1-2H3,(H,18,20)(H,22,23)(H,24,25)/t9-,10-,11+,14+,27-/m1/s1. The first-order valence-electron chi connectivity index (χ1n) is 8.12. The predicted molar refractivity (Wildman–Crippen MR) is 93.0 cm³/mol. The summed E-state index contributed by atoms with van der Waals surface area (Å²) in [6.45, 7) is 2.97. The van der Waals surface area contributed by atoms with Gasteiger partial charge in [-0.05, 0) is 19.4 Å². The van der Waals surface area contributed by atoms with Gasteiger partial charge in [-0.2, -0.15) is 0 Å². The van der Waals surface area contributed by atoms with E-state index in [9.17, 15) is 33.6 Å². The first kappa shape index (κ1) is 19.0. The van der Waals surface area contributed by atoms with E-state index < -0.39 is 62.7 Å². The second-order valence-electron chi connectivity index (χ2n) is 6.95. The average Bonchev–Trinajstić information content (AvgIpc) is 2.78. The summed E-state index contributed by atoms with van der Waals surface area (Å²) in [7, 11) is -1.75. The molecule has 0 aliphatic carbocycles. The van der Waals surface area contributed by atoms with Gasteiger partial charge in [0, 0.05) is 0 Å². The van der Waals surface area contributed by atoms with E-state index in [1.165, 1.54) is 26.0 Å². The molecule has 2 aliphatic rings. The Balaban J connectivity index is 1.84. The molecule has 2 heterocycles. The molecule has 2 aliphatic heterocycles. The van der Waals surface area contributed by atoms with Crippen LogP contribution >= 0.6 is 0 Å². The van der Waals surface area contributed by atoms with Gasteiger partial charge in [0.25, 0.3) is 0 Å². The number of hydrogen-bond donors (Lipinski definition) is 3. The molecule has 0 aromatic heterocycles. The van der Waals surface area contributed by atoms with Crippen molar-refractivity contribution in [3.05, 3.63) is 35.9 Å². The maximum Gasteiger partial charge on any atom is 0.328 e. The number of aliphatic carboxylic acids is 2. The quantitative estimate of drug-likeness (QED) is 0.452. The van der Waals surface area contributed by atoms with Crippen molar-refractivity contribution >= 4 is 34.6 Å². The van der Waals surface area contributed by atoms with Crippen LogP contribution in [-0.4, -0.2) is 65.3 Å². The Morgan fingerprint density at radius 3 is 2.30 bits per heavy atom. The number of carboxylic acid groups (broad SMARTS) is 2. The van der Waals surface area contributed by atoms with Crippen LogP contribution in [0.15, 0.2) is 30.3 Å². The Morgan fingerprint density at radius 2 is 1.78 bits per heavy atom. The number of fused-ring (bicyclic) bond motifs is 1. The number of nitrogens with one attached hydrogen (secondary N) is 1. The summed E-state index contributed by atoms with van der Waals surface area (Å²) >= 11 is 0. The van der Waals surface area contributed by atoms with Crippen LogP contribution in [0, 0.1) is 0 Å². The number of carbonyl (C=O) groups excluding carboxylic acids is 2. The Bertz CT molecular complexity index is 854. The second kappa shape index (κ2) is 6.45. The van der Waals surface area contributed by atoms with Gasteiger partial charge in [0.1, 0.15) is 17.5 Å². The molecule has 9 nitrogen and oxygen atoms in total. The molecule has 0 spiro atoms. The van der Waals surface area contributed by atoms with E-state index in [0.717, 1.165) is 4.90 Å². The third kappa shape index (κ3) is 2.80. The zero-order valence-corrected chi connectivity index (χ0v) is 15.3. The molecule has 144 valence electrons. The van der Waals surface area contributed by atoms with Gasteiger partial charge in [-0.3, -0.25) is 18.6 Å². The third-order valence-electron chi connectivity index (χ3n) is 4.93. The van der Waals surface area contributed by atoms with Crippen molar-refractivity contribution < 1.29 is 33.6 Å². The van der Waals surface area contributed by atoms with Gasteiger partial charge in [0.2, 0.25) is 11.8 Å². The van der Waals surface area contributed by atoms with E-state index in [1.54, 1.807) is 18.2 Å². The summed E-state index contributed by atoms with van der Waals surface area (Å²) < 4.78 is 11.5. The number of hydrogen-bond acceptors (Lipinski definition) is 5. The summed E-state index contributed by atoms with van der Waals surface area (Å²) in [5, 5.41) is 20.2. The Hall–Kier alpha value is -2.75. The molecular weight excluding hydrogens is 376 g/mol. The monoisotopic (exact) mass is 394 g/mol. The lowest BCUT2D eigenvalue weighted by Gasteiger charge is -2.43. The van der Waals surface area contributed by atoms with E-state index >= 15 is 0 Å². The van der Waals surface area contributed by atoms with Gasteiger partial charge in [-0.1, -0.05) is 30.3 Å². The van der Waals surface area contributed by atoms with Crippen molar-refractivity contribution in [3.8, 4) is 0 Å². The van der Waals surface area contributed by atoms with Crippen LogP contribution in [0.2, 0.25) is 0 Å². The molecule has 0 unspecified atom stereocenters. The van der Waals surface area contributed by atoms with Crippen molar-refractivity contribution in [2.24, 2.45) is 0 Å². The maximum absolute atomic E-state index is 12.7. The normalized spacial score (nSPS) is 29.4. The lowest BCUT2D eigenvalue weighted by atomic mass is 9.94. The van der Waals surface area contributed by atoms with E-state index in [0.29, 0.717) is 0 Å². The van der Waals surface area contributed by atoms with E-state index in [2.05, 4.69) is 5.32 Å². The fourth-order valence-corrected chi connectivity index (χ4v) is 5.50. The number of carbonyl (C=O) groups is 4. The van der Waals surface area contributed by atoms with Crippen molar-refractivity contribution in [2.45, 2.75) is 42.0 Å². The molecule has 0 bridgehead atoms. The minimum Gasteiger partial charge on any atom is -0.480 e. The van der Waals surface area contributed by atoms with Crippen LogP contribution in [-0.2, 0) is 30.0 Å². The predicted octanol–water partition coefficient (Wildman–Crippen LogP) is -0.498. The van der Waals surface area contributed by atoms with Gasteiger partial charge in [0.15, 0.2) is 5.92 Å². The summed E-state index contributed by atoms with van der Waals surface area (Å²) in [6.07, 6.45) is 0. The topological polar surface area (TPSA) is 141 Å². The first-order chi connectivity index (χ1) is 12.6. The van der Waals surface area contributed by atoms with Gasteiger partial charge < -0.3 is 20.4 Å². The summed E-state index contributed by atoms with van der Waals surface area (Å²) in [5.41, 5.74) is 0.238. The molecule has 5 atom stereocenters. The average molecular weight is 394 g/mol. The van der Waals surface area contributed by atoms with Crippen LogP contribution in [0.3, 0.4) is 0 Å². The lowest BCUT2D eigenvalue weighted by molar-refractivity contribution is -0.161. The van der Waals surface area contributed by atoms with Crippen molar-refractivity contribution in [1.82, 2.24) is 10.2 Å². The third-order valence-corrected chi connectivity index (χ3v) is 7.13. The van der Waals surface area contributed by atoms with Crippen LogP contribution in [0.5, 0.6) is 0 Å². The Morgan fingerprint density at radius 1 is 1.19 bits per heavy atom. The first-order valence-corrected chi connectivity index (χ1v) is 9.34. The fraction of sp³-hybridized carbons (Fsp3) is 0.412. The molecule has 0 radical (unpaired) electrons. The molecule has 2 amide bonds. The number of benzene rings is 1. The van der Waals surface area contributed by atoms with E-state index in [1.807, 2.05) is 0 Å². The minimum absolute atomic E-state index is 0.238. The van der Waals surface area contributed by atoms with Gasteiger partial charge in [0.05, 0.1) is 15.5 Å². The smallest absolute Gasteiger partial charge is 0.328 e. The van der Waals surface area contributed by atoms with Crippen molar-refractivity contribution in [1.29, 1.82) is 0 Å². The van der Waals surface area contributed by atoms with E-state index in [-0.39, 0.29) is 5.56 Å². The van der Waals surface area contributed by atoms with Gasteiger partial charge >= 0.3 is 11.9 Å². The molecular formula is C17H18N2O7S. The number of rotatable bonds is 5. The highest BCUT2D eigenvalue weighted by atomic mass is 32.2. The molecule has 2 saturated heterocycles. The minimum atomic E-state index is -1.75. The lowest BCUT2D eigenvalue weighted by Crippen LogP contribution is -2.72. The van der Waals surface area contributed by atoms with Gasteiger partial charge in [-0.25, -0.2) is 4.79 Å². The number of nitrogens with zero attached hydrogens (tertiary/aromatic N) is 1. The second-order valence-corrected chi connectivity index (χ2v) is 9.08. The number of carboxylic acids is 2. The number of amides is 2. The SMILES string of the molecule is CC1(C)[C@H](C(=O)O)N2C(=O)[C@@H](NC(=O)[C@H](C(=O)O)c3ccccc3)[C@@H]2[S@]1=O. The zero-order valence-electron chi connectivity index (χ0n) is 14.5. The maximum atomic E-state index is 12.7. The highest BCUT2D eigenvalue weighted by Gasteiger charge is 2.68. The number of β-lactam (4-membered cyclic amide) rings is 1. The molecule has 1 aromatic rings. The Kier molecular flexibility index (Phi) is 4.54. The van der Waals surface area contributed by atoms with Crippen LogP contribution in [0.25, 0.3) is 0 Å². The summed E-state index contributed by atoms with van der Waals surface area (Å²) in [4.78, 5) is 49.0. The van der Waals surface area contributed by atoms with E-state index in [4.69, 9.17) is 0 Å². The van der Waals surface area contributed by atoms with Crippen LogP contribution in [0.4, 0.5) is 0 Å². The Labute approximate surface area is 156 Å². The molecule has 3 rings (SSSR count). The highest BCUT2D eigenvalue weighted by Crippen LogP contribution is 2.43. The molecule has 27 heavy (non-hydrogen) atoms. The molecule has 3 N–H and O–H groups in total. The molecule has 10 heteroatoms. The largest absolute Gasteiger partial charge is 0.480 e. The van der Waals surface area contributed by atoms with Crippen LogP contribution in [0.1, 0.15) is 25.3 Å². The fourth-order valence-electron chi connectivity index (χ4n) is 3.58. The molecule has 2 fully saturated rings. The zero-order chi connectivity index (χ0) is 20.1. The van der Waals surface area contributed by atoms with Crippen molar-refractivity contribution in [3.63, 3.8) is 0 Å².